The van der Waals surface area contributed by atoms with Crippen LogP contribution >= 0.6 is 0 Å². The zero-order valence-electron chi connectivity index (χ0n) is 8.53. The van der Waals surface area contributed by atoms with Crippen LogP contribution in [0.3, 0.4) is 0 Å². The number of rotatable bonds is 4. The van der Waals surface area contributed by atoms with E-state index in [4.69, 9.17) is 5.73 Å². The van der Waals surface area contributed by atoms with Crippen molar-refractivity contribution in [1.29, 1.82) is 0 Å². The molecule has 1 unspecified atom stereocenters. The highest BCUT2D eigenvalue weighted by Gasteiger charge is 2.27. The summed E-state index contributed by atoms with van der Waals surface area (Å²) in [5.74, 6) is 2.27. The van der Waals surface area contributed by atoms with Gasteiger partial charge in [0.2, 0.25) is 0 Å². The first-order valence-electron chi connectivity index (χ1n) is 5.21. The number of nitrogen functional groups attached to an aromatic ring is 1. The fourth-order valence-electron chi connectivity index (χ4n) is 1.67. The van der Waals surface area contributed by atoms with Crippen molar-refractivity contribution in [3.05, 3.63) is 18.3 Å². The number of nitrogens with one attached hydrogen (secondary N) is 1. The molecule has 0 aliphatic heterocycles. The van der Waals surface area contributed by atoms with Crippen LogP contribution in [-0.2, 0) is 0 Å². The van der Waals surface area contributed by atoms with Crippen molar-refractivity contribution in [3.8, 4) is 0 Å². The first kappa shape index (κ1) is 9.31. The van der Waals surface area contributed by atoms with Gasteiger partial charge in [0.1, 0.15) is 5.82 Å². The van der Waals surface area contributed by atoms with E-state index in [1.54, 1.807) is 6.20 Å². The molecule has 0 saturated heterocycles. The zero-order chi connectivity index (χ0) is 9.97. The normalized spacial score (nSPS) is 17.8. The van der Waals surface area contributed by atoms with Crippen molar-refractivity contribution in [2.75, 3.05) is 17.6 Å². The van der Waals surface area contributed by atoms with Gasteiger partial charge in [0.15, 0.2) is 0 Å². The lowest BCUT2D eigenvalue weighted by Crippen LogP contribution is -2.14. The van der Waals surface area contributed by atoms with Crippen molar-refractivity contribution in [2.24, 2.45) is 11.8 Å². The Hall–Kier alpha value is -1.25. The topological polar surface area (TPSA) is 50.9 Å². The van der Waals surface area contributed by atoms with E-state index in [-0.39, 0.29) is 0 Å². The largest absolute Gasteiger partial charge is 0.382 e. The van der Waals surface area contributed by atoms with Gasteiger partial charge in [-0.15, -0.1) is 0 Å². The lowest BCUT2D eigenvalue weighted by atomic mass is 10.1. The fraction of sp³-hybridized carbons (Fsp3) is 0.545. The minimum absolute atomic E-state index is 0.593. The highest BCUT2D eigenvalue weighted by atomic mass is 14.9. The Morgan fingerprint density at radius 2 is 2.43 bits per heavy atom. The van der Waals surface area contributed by atoms with Crippen LogP contribution in [0.25, 0.3) is 0 Å². The molecule has 1 fully saturated rings. The molecule has 0 bridgehead atoms. The van der Waals surface area contributed by atoms with Gasteiger partial charge in [-0.1, -0.05) is 6.92 Å². The molecule has 0 amide bonds. The average Bonchev–Trinajstić information content (AvgIpc) is 2.99. The van der Waals surface area contributed by atoms with E-state index in [1.165, 1.54) is 12.8 Å². The van der Waals surface area contributed by atoms with Gasteiger partial charge < -0.3 is 11.1 Å². The van der Waals surface area contributed by atoms with Crippen LogP contribution in [0.5, 0.6) is 0 Å². The Morgan fingerprint density at radius 3 is 3.07 bits per heavy atom. The monoisotopic (exact) mass is 191 g/mol. The summed E-state index contributed by atoms with van der Waals surface area (Å²) in [7, 11) is 0. The van der Waals surface area contributed by atoms with Crippen LogP contribution in [0.4, 0.5) is 11.5 Å². The smallest absolute Gasteiger partial charge is 0.146 e. The van der Waals surface area contributed by atoms with E-state index in [1.807, 2.05) is 12.1 Å². The van der Waals surface area contributed by atoms with Crippen molar-refractivity contribution in [2.45, 2.75) is 19.8 Å². The molecule has 1 aromatic rings. The molecule has 1 aromatic heterocycles. The summed E-state index contributed by atoms with van der Waals surface area (Å²) in [6.45, 7) is 3.29. The van der Waals surface area contributed by atoms with E-state index in [0.29, 0.717) is 5.82 Å². The molecule has 3 nitrogen and oxygen atoms in total. The van der Waals surface area contributed by atoms with E-state index < -0.39 is 0 Å². The number of hydrogen-bond donors (Lipinski definition) is 2. The maximum absolute atomic E-state index is 5.72. The van der Waals surface area contributed by atoms with Crippen LogP contribution < -0.4 is 11.1 Å². The molecule has 1 atom stereocenters. The Bertz CT molecular complexity index is 307. The van der Waals surface area contributed by atoms with E-state index in [0.717, 1.165) is 24.1 Å². The summed E-state index contributed by atoms with van der Waals surface area (Å²) >= 11 is 0. The van der Waals surface area contributed by atoms with Gasteiger partial charge >= 0.3 is 0 Å². The molecule has 3 N–H and O–H groups in total. The van der Waals surface area contributed by atoms with E-state index in [9.17, 15) is 0 Å². The molecule has 1 heterocycles. The van der Waals surface area contributed by atoms with E-state index in [2.05, 4.69) is 17.2 Å². The van der Waals surface area contributed by atoms with Crippen LogP contribution in [-0.4, -0.2) is 11.5 Å². The molecule has 2 rings (SSSR count). The lowest BCUT2D eigenvalue weighted by molar-refractivity contribution is 0.536. The summed E-state index contributed by atoms with van der Waals surface area (Å²) in [5, 5.41) is 3.35. The third kappa shape index (κ3) is 2.16. The zero-order valence-corrected chi connectivity index (χ0v) is 8.53. The van der Waals surface area contributed by atoms with Crippen molar-refractivity contribution in [1.82, 2.24) is 4.98 Å². The number of pyridine rings is 1. The molecule has 0 radical (unpaired) electrons. The summed E-state index contributed by atoms with van der Waals surface area (Å²) in [6, 6.07) is 3.88. The number of aromatic nitrogens is 1. The number of nitrogens with two attached hydrogens (primary N) is 1. The van der Waals surface area contributed by atoms with Crippen LogP contribution in [0.2, 0.25) is 0 Å². The van der Waals surface area contributed by atoms with Gasteiger partial charge in [-0.2, -0.15) is 0 Å². The quantitative estimate of drug-likeness (QED) is 0.766. The fourth-order valence-corrected chi connectivity index (χ4v) is 1.67. The Kier molecular flexibility index (Phi) is 2.57. The van der Waals surface area contributed by atoms with Gasteiger partial charge in [-0.3, -0.25) is 0 Å². The molecular formula is C11H17N3. The molecular weight excluding hydrogens is 174 g/mol. The molecule has 3 heteroatoms. The summed E-state index contributed by atoms with van der Waals surface area (Å²) in [5.41, 5.74) is 6.68. The average molecular weight is 191 g/mol. The first-order chi connectivity index (χ1) is 6.77. The van der Waals surface area contributed by atoms with Crippen LogP contribution in [0.1, 0.15) is 19.8 Å². The molecule has 0 aromatic carbocycles. The highest BCUT2D eigenvalue weighted by Crippen LogP contribution is 2.36. The van der Waals surface area contributed by atoms with Crippen molar-refractivity contribution in [3.63, 3.8) is 0 Å². The molecule has 14 heavy (non-hydrogen) atoms. The van der Waals surface area contributed by atoms with Gasteiger partial charge in [0.05, 0.1) is 5.69 Å². The van der Waals surface area contributed by atoms with Gasteiger partial charge in [-0.05, 0) is 36.8 Å². The van der Waals surface area contributed by atoms with Crippen LogP contribution in [0.15, 0.2) is 18.3 Å². The standard InChI is InChI=1S/C11H17N3/c1-8(9-4-5-9)7-14-10-3-2-6-13-11(10)12/h2-3,6,8-9,14H,4-5,7H2,1H3,(H2,12,13). The molecule has 1 saturated carbocycles. The minimum atomic E-state index is 0.593. The number of anilines is 2. The molecule has 1 aliphatic rings. The van der Waals surface area contributed by atoms with Gasteiger partial charge in [0.25, 0.3) is 0 Å². The second-order valence-electron chi connectivity index (χ2n) is 4.13. The van der Waals surface area contributed by atoms with Crippen LogP contribution in [0, 0.1) is 11.8 Å². The third-order valence-electron chi connectivity index (χ3n) is 2.88. The second-order valence-corrected chi connectivity index (χ2v) is 4.13. The Morgan fingerprint density at radius 1 is 1.64 bits per heavy atom. The summed E-state index contributed by atoms with van der Waals surface area (Å²) < 4.78 is 0. The first-order valence-corrected chi connectivity index (χ1v) is 5.21. The van der Waals surface area contributed by atoms with E-state index >= 15 is 0 Å². The summed E-state index contributed by atoms with van der Waals surface area (Å²) in [6.07, 6.45) is 4.50. The minimum Gasteiger partial charge on any atom is -0.382 e. The van der Waals surface area contributed by atoms with Crippen molar-refractivity contribution < 1.29 is 0 Å². The Labute approximate surface area is 84.7 Å². The number of hydrogen-bond acceptors (Lipinski definition) is 3. The Balaban J connectivity index is 1.87. The number of nitrogens with zero attached hydrogens (tertiary/aromatic N) is 1. The molecule has 1 aliphatic carbocycles. The highest BCUT2D eigenvalue weighted by molar-refractivity contribution is 5.60. The lowest BCUT2D eigenvalue weighted by Gasteiger charge is -2.13. The summed E-state index contributed by atoms with van der Waals surface area (Å²) in [4.78, 5) is 4.03. The second kappa shape index (κ2) is 3.86. The van der Waals surface area contributed by atoms with Crippen molar-refractivity contribution >= 4 is 11.5 Å². The predicted molar refractivity (Wildman–Crippen MR) is 59.0 cm³/mol. The molecule has 0 spiro atoms. The van der Waals surface area contributed by atoms with Gasteiger partial charge in [0, 0.05) is 12.7 Å². The predicted octanol–water partition coefficient (Wildman–Crippen LogP) is 2.12. The molecule has 76 valence electrons. The maximum Gasteiger partial charge on any atom is 0.146 e. The SMILES string of the molecule is CC(CNc1cccnc1N)C1CC1. The maximum atomic E-state index is 5.72. The third-order valence-corrected chi connectivity index (χ3v) is 2.88. The van der Waals surface area contributed by atoms with Gasteiger partial charge in [-0.25, -0.2) is 4.98 Å².